The van der Waals surface area contributed by atoms with Crippen molar-refractivity contribution in [1.29, 1.82) is 0 Å². The molecule has 0 aliphatic heterocycles. The van der Waals surface area contributed by atoms with Gasteiger partial charge in [-0.2, -0.15) is 0 Å². The summed E-state index contributed by atoms with van der Waals surface area (Å²) >= 11 is 0. The van der Waals surface area contributed by atoms with E-state index >= 15 is 0 Å². The van der Waals surface area contributed by atoms with Crippen LogP contribution in [0.2, 0.25) is 0 Å². The third kappa shape index (κ3) is 1.94. The van der Waals surface area contributed by atoms with Gasteiger partial charge in [-0.3, -0.25) is 0 Å². The Labute approximate surface area is 111 Å². The second-order valence-corrected chi connectivity index (χ2v) is 6.79. The van der Waals surface area contributed by atoms with Crippen LogP contribution in [0.15, 0.2) is 18.2 Å². The first-order valence-corrected chi connectivity index (χ1v) is 7.26. The highest BCUT2D eigenvalue weighted by atomic mass is 16.5. The summed E-state index contributed by atoms with van der Waals surface area (Å²) in [5, 5.41) is 0. The van der Waals surface area contributed by atoms with Gasteiger partial charge in [-0.05, 0) is 66.2 Å². The van der Waals surface area contributed by atoms with Crippen molar-refractivity contribution in [1.82, 2.24) is 0 Å². The quantitative estimate of drug-likeness (QED) is 0.718. The molecule has 0 aromatic heterocycles. The third-order valence-electron chi connectivity index (χ3n) is 5.30. The molecule has 0 spiro atoms. The van der Waals surface area contributed by atoms with E-state index in [1.54, 1.807) is 12.7 Å². The monoisotopic (exact) mass is 244 g/mol. The number of hydrogen-bond donors (Lipinski definition) is 0. The summed E-state index contributed by atoms with van der Waals surface area (Å²) in [6.07, 6.45) is 6.78. The van der Waals surface area contributed by atoms with Crippen LogP contribution < -0.4 is 4.74 Å². The van der Waals surface area contributed by atoms with Gasteiger partial charge in [0.25, 0.3) is 0 Å². The lowest BCUT2D eigenvalue weighted by atomic mass is 9.58. The highest BCUT2D eigenvalue weighted by Gasteiger charge is 2.41. The van der Waals surface area contributed by atoms with Crippen molar-refractivity contribution in [3.05, 3.63) is 29.3 Å². The Morgan fingerprint density at radius 1 is 1.17 bits per heavy atom. The second-order valence-electron chi connectivity index (χ2n) is 6.79. The Hall–Kier alpha value is -0.980. The molecule has 1 aromatic rings. The summed E-state index contributed by atoms with van der Waals surface area (Å²) in [6.45, 7) is 4.93. The van der Waals surface area contributed by atoms with Crippen molar-refractivity contribution in [3.8, 4) is 5.75 Å². The Morgan fingerprint density at radius 2 is 2.00 bits per heavy atom. The minimum absolute atomic E-state index is 0.518. The molecule has 1 nitrogen and oxygen atoms in total. The summed E-state index contributed by atoms with van der Waals surface area (Å²) < 4.78 is 5.37. The van der Waals surface area contributed by atoms with Crippen molar-refractivity contribution in [2.75, 3.05) is 7.11 Å². The molecule has 1 fully saturated rings. The summed E-state index contributed by atoms with van der Waals surface area (Å²) in [5.41, 5.74) is 3.62. The van der Waals surface area contributed by atoms with Crippen LogP contribution in [0.4, 0.5) is 0 Å². The zero-order valence-corrected chi connectivity index (χ0v) is 11.8. The maximum absolute atomic E-state index is 5.37. The van der Waals surface area contributed by atoms with E-state index in [0.29, 0.717) is 5.41 Å². The molecule has 3 rings (SSSR count). The summed E-state index contributed by atoms with van der Waals surface area (Å²) in [6, 6.07) is 6.66. The molecule has 0 N–H and O–H groups in total. The minimum Gasteiger partial charge on any atom is -0.497 e. The zero-order chi connectivity index (χ0) is 12.8. The van der Waals surface area contributed by atoms with Crippen molar-refractivity contribution < 1.29 is 4.74 Å². The van der Waals surface area contributed by atoms with E-state index in [-0.39, 0.29) is 0 Å². The molecule has 0 heterocycles. The molecule has 2 aliphatic carbocycles. The average Bonchev–Trinajstić information content (AvgIpc) is 2.36. The van der Waals surface area contributed by atoms with E-state index in [4.69, 9.17) is 4.74 Å². The van der Waals surface area contributed by atoms with Crippen LogP contribution in [0.3, 0.4) is 0 Å². The van der Waals surface area contributed by atoms with E-state index in [0.717, 1.165) is 17.6 Å². The first-order valence-electron chi connectivity index (χ1n) is 7.26. The molecule has 1 saturated carbocycles. The Kier molecular flexibility index (Phi) is 2.88. The number of fused-ring (bicyclic) bond motifs is 2. The van der Waals surface area contributed by atoms with Crippen LogP contribution in [-0.4, -0.2) is 7.11 Å². The largest absolute Gasteiger partial charge is 0.497 e. The van der Waals surface area contributed by atoms with Crippen molar-refractivity contribution >= 4 is 0 Å². The number of ether oxygens (including phenoxy) is 1. The molecule has 0 amide bonds. The minimum atomic E-state index is 0.518. The van der Waals surface area contributed by atoms with Crippen molar-refractivity contribution in [2.45, 2.75) is 46.0 Å². The van der Waals surface area contributed by atoms with E-state index in [2.05, 4.69) is 32.0 Å². The van der Waals surface area contributed by atoms with Gasteiger partial charge in [-0.15, -0.1) is 0 Å². The fourth-order valence-electron chi connectivity index (χ4n) is 4.17. The van der Waals surface area contributed by atoms with Gasteiger partial charge in [0.15, 0.2) is 0 Å². The molecule has 18 heavy (non-hydrogen) atoms. The first-order chi connectivity index (χ1) is 8.60. The molecule has 1 heteroatoms. The molecule has 2 atom stereocenters. The normalized spacial score (nSPS) is 29.3. The standard InChI is InChI=1S/C17H24O/c1-17(2)8-4-5-13-9-12-6-7-15(18-3)10-14(12)11-16(13)17/h6-7,10,13,16H,4-5,8-9,11H2,1-3H3/t13-,16-/m0/s1. The highest BCUT2D eigenvalue weighted by molar-refractivity contribution is 5.38. The van der Waals surface area contributed by atoms with Crippen molar-refractivity contribution in [3.63, 3.8) is 0 Å². The Balaban J connectivity index is 1.94. The van der Waals surface area contributed by atoms with Gasteiger partial charge in [0.2, 0.25) is 0 Å². The zero-order valence-electron chi connectivity index (χ0n) is 11.8. The maximum atomic E-state index is 5.37. The number of methoxy groups -OCH3 is 1. The van der Waals surface area contributed by atoms with Gasteiger partial charge in [-0.25, -0.2) is 0 Å². The van der Waals surface area contributed by atoms with E-state index < -0.39 is 0 Å². The fourth-order valence-corrected chi connectivity index (χ4v) is 4.17. The van der Waals surface area contributed by atoms with Gasteiger partial charge in [0, 0.05) is 0 Å². The van der Waals surface area contributed by atoms with Gasteiger partial charge >= 0.3 is 0 Å². The fraction of sp³-hybridized carbons (Fsp3) is 0.647. The molecule has 2 aliphatic rings. The number of benzene rings is 1. The molecule has 0 radical (unpaired) electrons. The lowest BCUT2D eigenvalue weighted by molar-refractivity contribution is 0.0669. The maximum Gasteiger partial charge on any atom is 0.119 e. The van der Waals surface area contributed by atoms with Crippen LogP contribution in [0, 0.1) is 17.3 Å². The van der Waals surface area contributed by atoms with E-state index in [9.17, 15) is 0 Å². The smallest absolute Gasteiger partial charge is 0.119 e. The van der Waals surface area contributed by atoms with E-state index in [1.165, 1.54) is 37.7 Å². The van der Waals surface area contributed by atoms with Gasteiger partial charge < -0.3 is 4.74 Å². The first kappa shape index (κ1) is 12.1. The van der Waals surface area contributed by atoms with Crippen LogP contribution in [0.5, 0.6) is 5.75 Å². The van der Waals surface area contributed by atoms with Crippen LogP contribution in [0.25, 0.3) is 0 Å². The van der Waals surface area contributed by atoms with Gasteiger partial charge in [-0.1, -0.05) is 26.3 Å². The number of hydrogen-bond acceptors (Lipinski definition) is 1. The summed E-state index contributed by atoms with van der Waals surface area (Å²) in [5.74, 6) is 2.79. The second kappa shape index (κ2) is 4.29. The summed E-state index contributed by atoms with van der Waals surface area (Å²) in [4.78, 5) is 0. The van der Waals surface area contributed by atoms with Crippen LogP contribution in [0.1, 0.15) is 44.2 Å². The number of rotatable bonds is 1. The molecular formula is C17H24O. The van der Waals surface area contributed by atoms with Gasteiger partial charge in [0.1, 0.15) is 5.75 Å². The summed E-state index contributed by atoms with van der Waals surface area (Å²) in [7, 11) is 1.76. The molecule has 98 valence electrons. The average molecular weight is 244 g/mol. The molecule has 0 saturated heterocycles. The lowest BCUT2D eigenvalue weighted by Gasteiger charge is -2.47. The third-order valence-corrected chi connectivity index (χ3v) is 5.30. The topological polar surface area (TPSA) is 9.23 Å². The molecular weight excluding hydrogens is 220 g/mol. The van der Waals surface area contributed by atoms with Crippen LogP contribution in [-0.2, 0) is 12.8 Å². The van der Waals surface area contributed by atoms with Gasteiger partial charge in [0.05, 0.1) is 7.11 Å². The molecule has 0 bridgehead atoms. The molecule has 1 aromatic carbocycles. The Bertz CT molecular complexity index is 447. The SMILES string of the molecule is COc1ccc2c(c1)C[C@H]1[C@@H](CCCC1(C)C)C2. The predicted molar refractivity (Wildman–Crippen MR) is 75.0 cm³/mol. The van der Waals surface area contributed by atoms with Crippen LogP contribution >= 0.6 is 0 Å². The van der Waals surface area contributed by atoms with E-state index in [1.807, 2.05) is 0 Å². The molecule has 0 unspecified atom stereocenters. The Morgan fingerprint density at radius 3 is 2.78 bits per heavy atom. The van der Waals surface area contributed by atoms with Crippen molar-refractivity contribution in [2.24, 2.45) is 17.3 Å². The lowest BCUT2D eigenvalue weighted by Crippen LogP contribution is -2.39. The highest BCUT2D eigenvalue weighted by Crippen LogP contribution is 2.49. The predicted octanol–water partition coefficient (Wildman–Crippen LogP) is 4.24.